The van der Waals surface area contributed by atoms with Crippen molar-refractivity contribution in [1.82, 2.24) is 4.57 Å². The summed E-state index contributed by atoms with van der Waals surface area (Å²) in [6.07, 6.45) is 2.29. The van der Waals surface area contributed by atoms with Gasteiger partial charge in [-0.15, -0.1) is 0 Å². The number of benzene rings is 1. The second kappa shape index (κ2) is 4.06. The lowest BCUT2D eigenvalue weighted by atomic mass is 9.78. The van der Waals surface area contributed by atoms with E-state index in [1.54, 1.807) is 12.1 Å². The van der Waals surface area contributed by atoms with Gasteiger partial charge in [0.15, 0.2) is 11.2 Å². The van der Waals surface area contributed by atoms with Crippen LogP contribution < -0.4 is 0 Å². The van der Waals surface area contributed by atoms with E-state index in [9.17, 15) is 14.4 Å². The van der Waals surface area contributed by atoms with Gasteiger partial charge in [0, 0.05) is 24.0 Å². The van der Waals surface area contributed by atoms with Gasteiger partial charge in [-0.1, -0.05) is 12.1 Å². The molecule has 3 nitrogen and oxygen atoms in total. The molecule has 0 saturated heterocycles. The Bertz CT molecular complexity index is 698. The lowest BCUT2D eigenvalue weighted by molar-refractivity contribution is 0.0921. The fourth-order valence-electron chi connectivity index (χ4n) is 2.68. The Morgan fingerprint density at radius 2 is 2.21 bits per heavy atom. The average Bonchev–Trinajstić information content (AvgIpc) is 3.00. The van der Waals surface area contributed by atoms with Crippen molar-refractivity contribution >= 4 is 5.78 Å². The van der Waals surface area contributed by atoms with Gasteiger partial charge in [0.25, 0.3) is 0 Å². The highest BCUT2D eigenvalue weighted by molar-refractivity contribution is 6.06. The van der Waals surface area contributed by atoms with E-state index < -0.39 is 11.2 Å². The molecule has 0 saturated carbocycles. The van der Waals surface area contributed by atoms with E-state index in [1.165, 1.54) is 18.2 Å². The molecule has 0 bridgehead atoms. The largest absolute Gasteiger partial charge is 0.350 e. The molecule has 0 radical (unpaired) electrons. The zero-order valence-electron chi connectivity index (χ0n) is 10.1. The third-order valence-corrected chi connectivity index (χ3v) is 3.66. The predicted octanol–water partition coefficient (Wildman–Crippen LogP) is 2.68. The Balaban J connectivity index is 2.11. The van der Waals surface area contributed by atoms with Crippen molar-refractivity contribution in [3.8, 4) is 6.07 Å². The molecule has 1 atom stereocenters. The standard InChI is InChI=1S/C15H11FN2O/c16-12-4-1-3-11(9-12)14(19)15(10-17)6-8-18-7-2-5-13(15)18/h1-5,7,9H,6,8H2. The van der Waals surface area contributed by atoms with Crippen LogP contribution in [0.3, 0.4) is 0 Å². The number of ketones is 1. The van der Waals surface area contributed by atoms with Crippen LogP contribution in [0.4, 0.5) is 4.39 Å². The molecule has 2 aromatic rings. The number of fused-ring (bicyclic) bond motifs is 1. The van der Waals surface area contributed by atoms with Crippen molar-refractivity contribution in [2.24, 2.45) is 0 Å². The minimum absolute atomic E-state index is 0.246. The van der Waals surface area contributed by atoms with Gasteiger partial charge in [-0.05, 0) is 30.7 Å². The maximum atomic E-state index is 13.2. The number of rotatable bonds is 2. The van der Waals surface area contributed by atoms with E-state index in [-0.39, 0.29) is 11.3 Å². The van der Waals surface area contributed by atoms with Crippen LogP contribution in [-0.4, -0.2) is 10.4 Å². The number of carbonyl (C=O) groups excluding carboxylic acids is 1. The van der Waals surface area contributed by atoms with E-state index in [0.717, 1.165) is 0 Å². The van der Waals surface area contributed by atoms with Crippen LogP contribution in [0.2, 0.25) is 0 Å². The minimum atomic E-state index is -1.18. The number of nitrogens with zero attached hydrogens (tertiary/aromatic N) is 2. The number of carbonyl (C=O) groups is 1. The molecule has 1 aliphatic heterocycles. The van der Waals surface area contributed by atoms with Crippen LogP contribution in [0.5, 0.6) is 0 Å². The molecule has 2 heterocycles. The maximum absolute atomic E-state index is 13.2. The number of Topliss-reactive ketones (excluding diaryl/α,β-unsaturated/α-hetero) is 1. The Morgan fingerprint density at radius 3 is 2.95 bits per heavy atom. The molecule has 1 aliphatic rings. The predicted molar refractivity (Wildman–Crippen MR) is 67.1 cm³/mol. The molecule has 94 valence electrons. The number of hydrogen-bond donors (Lipinski definition) is 0. The molecule has 19 heavy (non-hydrogen) atoms. The quantitative estimate of drug-likeness (QED) is 0.773. The molecule has 0 amide bonds. The third-order valence-electron chi connectivity index (χ3n) is 3.66. The topological polar surface area (TPSA) is 45.8 Å². The minimum Gasteiger partial charge on any atom is -0.350 e. The van der Waals surface area contributed by atoms with Crippen LogP contribution in [0.25, 0.3) is 0 Å². The molecule has 1 unspecified atom stereocenters. The van der Waals surface area contributed by atoms with Crippen molar-refractivity contribution in [3.63, 3.8) is 0 Å². The van der Waals surface area contributed by atoms with E-state index in [1.807, 2.05) is 16.8 Å². The first kappa shape index (κ1) is 11.7. The van der Waals surface area contributed by atoms with E-state index in [2.05, 4.69) is 6.07 Å². The first-order chi connectivity index (χ1) is 9.17. The summed E-state index contributed by atoms with van der Waals surface area (Å²) in [7, 11) is 0. The number of aryl methyl sites for hydroxylation is 1. The van der Waals surface area contributed by atoms with Crippen LogP contribution in [0.1, 0.15) is 22.5 Å². The van der Waals surface area contributed by atoms with E-state index in [0.29, 0.717) is 18.7 Å². The highest BCUT2D eigenvalue weighted by atomic mass is 19.1. The van der Waals surface area contributed by atoms with Crippen molar-refractivity contribution in [2.45, 2.75) is 18.4 Å². The zero-order valence-corrected chi connectivity index (χ0v) is 10.1. The lowest BCUT2D eigenvalue weighted by Crippen LogP contribution is -2.32. The highest BCUT2D eigenvalue weighted by Crippen LogP contribution is 2.37. The van der Waals surface area contributed by atoms with Gasteiger partial charge in [-0.3, -0.25) is 4.79 Å². The summed E-state index contributed by atoms with van der Waals surface area (Å²) < 4.78 is 15.1. The Hall–Kier alpha value is -2.41. The summed E-state index contributed by atoms with van der Waals surface area (Å²) in [6.45, 7) is 0.636. The first-order valence-corrected chi connectivity index (χ1v) is 6.05. The van der Waals surface area contributed by atoms with Crippen molar-refractivity contribution < 1.29 is 9.18 Å². The molecular formula is C15H11FN2O. The van der Waals surface area contributed by atoms with Gasteiger partial charge in [0.2, 0.25) is 0 Å². The van der Waals surface area contributed by atoms with Gasteiger partial charge in [-0.2, -0.15) is 5.26 Å². The molecule has 1 aromatic heterocycles. The monoisotopic (exact) mass is 254 g/mol. The first-order valence-electron chi connectivity index (χ1n) is 6.05. The Morgan fingerprint density at radius 1 is 1.37 bits per heavy atom. The SMILES string of the molecule is N#CC1(C(=O)c2cccc(F)c2)CCn2cccc21. The highest BCUT2D eigenvalue weighted by Gasteiger charge is 2.46. The van der Waals surface area contributed by atoms with E-state index >= 15 is 0 Å². The summed E-state index contributed by atoms with van der Waals surface area (Å²) >= 11 is 0. The lowest BCUT2D eigenvalue weighted by Gasteiger charge is -2.18. The van der Waals surface area contributed by atoms with Gasteiger partial charge in [0.05, 0.1) is 6.07 Å². The molecule has 4 heteroatoms. The summed E-state index contributed by atoms with van der Waals surface area (Å²) in [5.41, 5.74) is -0.238. The average molecular weight is 254 g/mol. The molecule has 3 rings (SSSR count). The third kappa shape index (κ3) is 1.59. The molecule has 1 aromatic carbocycles. The van der Waals surface area contributed by atoms with Crippen LogP contribution >= 0.6 is 0 Å². The summed E-state index contributed by atoms with van der Waals surface area (Å²) in [6, 6.07) is 11.3. The van der Waals surface area contributed by atoms with Crippen molar-refractivity contribution in [3.05, 3.63) is 59.7 Å². The Kier molecular flexibility index (Phi) is 2.49. The number of aromatic nitrogens is 1. The van der Waals surface area contributed by atoms with Crippen molar-refractivity contribution in [2.75, 3.05) is 0 Å². The van der Waals surface area contributed by atoms with Gasteiger partial charge >= 0.3 is 0 Å². The number of nitriles is 1. The molecular weight excluding hydrogens is 243 g/mol. The van der Waals surface area contributed by atoms with Crippen molar-refractivity contribution in [1.29, 1.82) is 5.26 Å². The summed E-state index contributed by atoms with van der Waals surface area (Å²) in [5.74, 6) is -0.792. The fourth-order valence-corrected chi connectivity index (χ4v) is 2.68. The zero-order chi connectivity index (χ0) is 13.5. The smallest absolute Gasteiger partial charge is 0.189 e. The molecule has 0 spiro atoms. The van der Waals surface area contributed by atoms with Gasteiger partial charge in [-0.25, -0.2) is 4.39 Å². The molecule has 0 aliphatic carbocycles. The second-order valence-corrected chi connectivity index (χ2v) is 4.69. The number of halogens is 1. The fraction of sp³-hybridized carbons (Fsp3) is 0.200. The molecule has 0 fully saturated rings. The number of hydrogen-bond acceptors (Lipinski definition) is 2. The maximum Gasteiger partial charge on any atom is 0.189 e. The Labute approximate surface area is 109 Å². The summed E-state index contributed by atoms with van der Waals surface area (Å²) in [5, 5.41) is 9.50. The molecule has 0 N–H and O–H groups in total. The second-order valence-electron chi connectivity index (χ2n) is 4.69. The van der Waals surface area contributed by atoms with Crippen LogP contribution in [0, 0.1) is 17.1 Å². The van der Waals surface area contributed by atoms with E-state index in [4.69, 9.17) is 0 Å². The summed E-state index contributed by atoms with van der Waals surface area (Å²) in [4.78, 5) is 12.6. The van der Waals surface area contributed by atoms with Gasteiger partial charge < -0.3 is 4.57 Å². The van der Waals surface area contributed by atoms with Crippen LogP contribution in [0.15, 0.2) is 42.6 Å². The van der Waals surface area contributed by atoms with Gasteiger partial charge in [0.1, 0.15) is 5.82 Å². The van der Waals surface area contributed by atoms with Crippen LogP contribution in [-0.2, 0) is 12.0 Å². The normalized spacial score (nSPS) is 20.8.